The second kappa shape index (κ2) is 5.91. The molecule has 1 aliphatic heterocycles. The molecule has 0 unspecified atom stereocenters. The van der Waals surface area contributed by atoms with E-state index < -0.39 is 24.4 Å². The zero-order valence-corrected chi connectivity index (χ0v) is 10.9. The van der Waals surface area contributed by atoms with Crippen molar-refractivity contribution >= 4 is 5.78 Å². The van der Waals surface area contributed by atoms with Crippen LogP contribution in [0.1, 0.15) is 27.7 Å². The van der Waals surface area contributed by atoms with E-state index in [1.165, 1.54) is 0 Å². The number of rotatable bonds is 5. The zero-order valence-electron chi connectivity index (χ0n) is 10.9. The molecule has 0 aromatic heterocycles. The molecular weight excluding hydrogens is 222 g/mol. The number of ketones is 1. The normalized spacial score (nSPS) is 33.6. The minimum absolute atomic E-state index is 0.163. The Morgan fingerprint density at radius 3 is 2.29 bits per heavy atom. The van der Waals surface area contributed by atoms with Gasteiger partial charge in [0.25, 0.3) is 0 Å². The van der Waals surface area contributed by atoms with Crippen molar-refractivity contribution in [3.63, 3.8) is 0 Å². The van der Waals surface area contributed by atoms with E-state index in [0.717, 1.165) is 0 Å². The summed E-state index contributed by atoms with van der Waals surface area (Å²) in [5, 5.41) is 22.7. The Morgan fingerprint density at radius 2 is 1.82 bits per heavy atom. The van der Waals surface area contributed by atoms with Crippen LogP contribution in [0.15, 0.2) is 0 Å². The summed E-state index contributed by atoms with van der Waals surface area (Å²) in [6, 6.07) is 0.266. The molecule has 100 valence electrons. The number of nitrogens with one attached hydrogen (secondary N) is 1. The third-order valence-corrected chi connectivity index (χ3v) is 2.94. The Balaban J connectivity index is 2.59. The second-order valence-corrected chi connectivity index (χ2v) is 5.20. The van der Waals surface area contributed by atoms with Crippen molar-refractivity contribution in [1.82, 2.24) is 5.32 Å². The van der Waals surface area contributed by atoms with Gasteiger partial charge in [0.2, 0.25) is 0 Å². The Labute approximate surface area is 102 Å². The van der Waals surface area contributed by atoms with Gasteiger partial charge < -0.3 is 20.3 Å². The summed E-state index contributed by atoms with van der Waals surface area (Å²) < 4.78 is 5.45. The van der Waals surface area contributed by atoms with Gasteiger partial charge in [0, 0.05) is 18.5 Å². The third kappa shape index (κ3) is 3.48. The molecule has 1 saturated heterocycles. The minimum Gasteiger partial charge on any atom is -0.388 e. The average molecular weight is 245 g/mol. The van der Waals surface area contributed by atoms with Crippen LogP contribution in [0.2, 0.25) is 0 Å². The smallest absolute Gasteiger partial charge is 0.166 e. The summed E-state index contributed by atoms with van der Waals surface area (Å²) in [4.78, 5) is 11.8. The molecule has 1 fully saturated rings. The van der Waals surface area contributed by atoms with Crippen LogP contribution < -0.4 is 5.32 Å². The number of aliphatic hydroxyl groups is 2. The first-order valence-corrected chi connectivity index (χ1v) is 6.13. The fourth-order valence-electron chi connectivity index (χ4n) is 1.83. The van der Waals surface area contributed by atoms with E-state index in [0.29, 0.717) is 6.54 Å². The van der Waals surface area contributed by atoms with Gasteiger partial charge in [-0.2, -0.15) is 0 Å². The molecule has 1 aliphatic rings. The fourth-order valence-corrected chi connectivity index (χ4v) is 1.83. The van der Waals surface area contributed by atoms with Gasteiger partial charge in [-0.05, 0) is 0 Å². The highest BCUT2D eigenvalue weighted by Crippen LogP contribution is 2.23. The van der Waals surface area contributed by atoms with E-state index in [1.54, 1.807) is 13.8 Å². The Hall–Kier alpha value is -0.490. The van der Waals surface area contributed by atoms with Gasteiger partial charge in [0.05, 0.1) is 6.10 Å². The summed E-state index contributed by atoms with van der Waals surface area (Å²) in [7, 11) is 0. The SMILES string of the molecule is CC(C)NC[C@H]1O[C@@H](C(=O)C(C)C)[C@H](O)[C@@H]1O. The summed E-state index contributed by atoms with van der Waals surface area (Å²) >= 11 is 0. The van der Waals surface area contributed by atoms with Crippen LogP contribution in [0.5, 0.6) is 0 Å². The van der Waals surface area contributed by atoms with Crippen molar-refractivity contribution in [1.29, 1.82) is 0 Å². The lowest BCUT2D eigenvalue weighted by Crippen LogP contribution is -2.40. The minimum atomic E-state index is -1.12. The third-order valence-electron chi connectivity index (χ3n) is 2.94. The molecule has 0 aromatic rings. The summed E-state index contributed by atoms with van der Waals surface area (Å²) in [5.41, 5.74) is 0. The summed E-state index contributed by atoms with van der Waals surface area (Å²) in [5.74, 6) is -0.373. The van der Waals surface area contributed by atoms with Gasteiger partial charge in [0.1, 0.15) is 18.3 Å². The number of aliphatic hydroxyl groups excluding tert-OH is 2. The van der Waals surface area contributed by atoms with Crippen LogP contribution >= 0.6 is 0 Å². The van der Waals surface area contributed by atoms with E-state index in [-0.39, 0.29) is 17.7 Å². The van der Waals surface area contributed by atoms with E-state index >= 15 is 0 Å². The first kappa shape index (κ1) is 14.6. The monoisotopic (exact) mass is 245 g/mol. The highest BCUT2D eigenvalue weighted by atomic mass is 16.5. The number of hydrogen-bond donors (Lipinski definition) is 3. The van der Waals surface area contributed by atoms with Crippen LogP contribution in [0.3, 0.4) is 0 Å². The lowest BCUT2D eigenvalue weighted by molar-refractivity contribution is -0.136. The van der Waals surface area contributed by atoms with E-state index in [2.05, 4.69) is 5.32 Å². The fraction of sp³-hybridized carbons (Fsp3) is 0.917. The highest BCUT2D eigenvalue weighted by Gasteiger charge is 2.46. The van der Waals surface area contributed by atoms with Gasteiger partial charge >= 0.3 is 0 Å². The molecule has 17 heavy (non-hydrogen) atoms. The molecule has 0 aromatic carbocycles. The number of ether oxygens (including phenoxy) is 1. The molecule has 1 rings (SSSR count). The number of hydrogen-bond acceptors (Lipinski definition) is 5. The number of carbonyl (C=O) groups excluding carboxylic acids is 1. The molecule has 5 nitrogen and oxygen atoms in total. The predicted octanol–water partition coefficient (Wildman–Crippen LogP) is -0.301. The topological polar surface area (TPSA) is 78.8 Å². The van der Waals surface area contributed by atoms with Gasteiger partial charge in [0.15, 0.2) is 5.78 Å². The number of Topliss-reactive ketones (excluding diaryl/α,β-unsaturated/α-hetero) is 1. The van der Waals surface area contributed by atoms with Gasteiger partial charge in [-0.3, -0.25) is 4.79 Å². The molecule has 0 saturated carbocycles. The molecule has 0 radical (unpaired) electrons. The number of carbonyl (C=O) groups is 1. The molecule has 3 N–H and O–H groups in total. The molecule has 0 aliphatic carbocycles. The van der Waals surface area contributed by atoms with Crippen molar-refractivity contribution in [3.8, 4) is 0 Å². The zero-order chi connectivity index (χ0) is 13.2. The predicted molar refractivity (Wildman–Crippen MR) is 63.7 cm³/mol. The van der Waals surface area contributed by atoms with Crippen LogP contribution in [0, 0.1) is 5.92 Å². The Bertz CT molecular complexity index is 267. The van der Waals surface area contributed by atoms with Crippen LogP contribution in [-0.2, 0) is 9.53 Å². The first-order valence-electron chi connectivity index (χ1n) is 6.13. The molecule has 5 heteroatoms. The molecular formula is C12H23NO4. The largest absolute Gasteiger partial charge is 0.388 e. The maximum atomic E-state index is 11.8. The first-order chi connectivity index (χ1) is 7.84. The van der Waals surface area contributed by atoms with Crippen molar-refractivity contribution in [2.45, 2.75) is 58.2 Å². The standard InChI is InChI=1S/C12H23NO4/c1-6(2)9(14)12-11(16)10(15)8(17-12)5-13-7(3)4/h6-8,10-13,15-16H,5H2,1-4H3/t8-,10-,11-,12+/m1/s1. The lowest BCUT2D eigenvalue weighted by atomic mass is 9.98. The summed E-state index contributed by atoms with van der Waals surface area (Å²) in [6.45, 7) is 7.90. The Kier molecular flexibility index (Phi) is 5.06. The quantitative estimate of drug-likeness (QED) is 0.620. The van der Waals surface area contributed by atoms with E-state index in [1.807, 2.05) is 13.8 Å². The molecule has 0 amide bonds. The van der Waals surface area contributed by atoms with Gasteiger partial charge in [-0.15, -0.1) is 0 Å². The molecule has 0 spiro atoms. The molecule has 0 bridgehead atoms. The lowest BCUT2D eigenvalue weighted by Gasteiger charge is -2.17. The maximum Gasteiger partial charge on any atom is 0.166 e. The van der Waals surface area contributed by atoms with Gasteiger partial charge in [-0.1, -0.05) is 27.7 Å². The van der Waals surface area contributed by atoms with Crippen molar-refractivity contribution < 1.29 is 19.7 Å². The molecule has 4 atom stereocenters. The second-order valence-electron chi connectivity index (χ2n) is 5.20. The Morgan fingerprint density at radius 1 is 1.24 bits per heavy atom. The van der Waals surface area contributed by atoms with Crippen LogP contribution in [-0.4, -0.2) is 53.0 Å². The maximum absolute atomic E-state index is 11.8. The van der Waals surface area contributed by atoms with Crippen LogP contribution in [0.25, 0.3) is 0 Å². The molecule has 1 heterocycles. The van der Waals surface area contributed by atoms with E-state index in [9.17, 15) is 15.0 Å². The summed E-state index contributed by atoms with van der Waals surface area (Å²) in [6.07, 6.45) is -3.55. The van der Waals surface area contributed by atoms with Crippen LogP contribution in [0.4, 0.5) is 0 Å². The van der Waals surface area contributed by atoms with E-state index in [4.69, 9.17) is 4.74 Å². The van der Waals surface area contributed by atoms with Crippen molar-refractivity contribution in [2.75, 3.05) is 6.54 Å². The van der Waals surface area contributed by atoms with Gasteiger partial charge in [-0.25, -0.2) is 0 Å². The average Bonchev–Trinajstić information content (AvgIpc) is 2.52. The highest BCUT2D eigenvalue weighted by molar-refractivity contribution is 5.85. The van der Waals surface area contributed by atoms with Crippen molar-refractivity contribution in [3.05, 3.63) is 0 Å². The van der Waals surface area contributed by atoms with Crippen molar-refractivity contribution in [2.24, 2.45) is 5.92 Å².